The van der Waals surface area contributed by atoms with Gasteiger partial charge in [0.05, 0.1) is 5.69 Å². The van der Waals surface area contributed by atoms with Crippen molar-refractivity contribution in [2.75, 3.05) is 0 Å². The van der Waals surface area contributed by atoms with E-state index < -0.39 is 5.97 Å². The highest BCUT2D eigenvalue weighted by Gasteiger charge is 2.18. The third-order valence-corrected chi connectivity index (χ3v) is 2.84. The SMILES string of the molecule is O=C(O)CCCc1onc2c1CCCC2. The quantitative estimate of drug-likeness (QED) is 0.823. The van der Waals surface area contributed by atoms with Crippen LogP contribution in [0.15, 0.2) is 4.52 Å². The van der Waals surface area contributed by atoms with E-state index in [1.165, 1.54) is 18.4 Å². The fourth-order valence-corrected chi connectivity index (χ4v) is 2.05. The van der Waals surface area contributed by atoms with Crippen LogP contribution in [-0.4, -0.2) is 16.2 Å². The number of hydrogen-bond acceptors (Lipinski definition) is 3. The average molecular weight is 209 g/mol. The van der Waals surface area contributed by atoms with Crippen molar-refractivity contribution in [1.29, 1.82) is 0 Å². The molecule has 2 rings (SSSR count). The molecule has 4 heteroatoms. The number of carboxylic acids is 1. The molecule has 0 radical (unpaired) electrons. The van der Waals surface area contributed by atoms with E-state index in [1.807, 2.05) is 0 Å². The van der Waals surface area contributed by atoms with Crippen LogP contribution < -0.4 is 0 Å². The molecule has 15 heavy (non-hydrogen) atoms. The van der Waals surface area contributed by atoms with Crippen molar-refractivity contribution in [3.05, 3.63) is 17.0 Å². The van der Waals surface area contributed by atoms with Crippen LogP contribution in [-0.2, 0) is 24.1 Å². The Labute approximate surface area is 88.3 Å². The van der Waals surface area contributed by atoms with Gasteiger partial charge in [-0.2, -0.15) is 0 Å². The lowest BCUT2D eigenvalue weighted by Crippen LogP contribution is -2.03. The van der Waals surface area contributed by atoms with E-state index in [4.69, 9.17) is 9.63 Å². The number of carboxylic acid groups (broad SMARTS) is 1. The summed E-state index contributed by atoms with van der Waals surface area (Å²) in [6.45, 7) is 0. The predicted octanol–water partition coefficient (Wildman–Crippen LogP) is 1.96. The van der Waals surface area contributed by atoms with Gasteiger partial charge in [0.25, 0.3) is 0 Å². The standard InChI is InChI=1S/C11H15NO3/c13-11(14)7-3-6-10-8-4-1-2-5-9(8)12-15-10/h1-7H2,(H,13,14). The number of carbonyl (C=O) groups is 1. The molecule has 0 aromatic carbocycles. The second-order valence-corrected chi connectivity index (χ2v) is 3.99. The smallest absolute Gasteiger partial charge is 0.303 e. The Hall–Kier alpha value is -1.32. The minimum Gasteiger partial charge on any atom is -0.481 e. The van der Waals surface area contributed by atoms with Gasteiger partial charge in [0.1, 0.15) is 5.76 Å². The summed E-state index contributed by atoms with van der Waals surface area (Å²) in [5.74, 6) is 0.161. The Balaban J connectivity index is 1.96. The molecule has 0 amide bonds. The summed E-state index contributed by atoms with van der Waals surface area (Å²) in [5.41, 5.74) is 2.33. The summed E-state index contributed by atoms with van der Waals surface area (Å²) in [6.07, 6.45) is 5.98. The molecule has 0 atom stereocenters. The molecule has 1 aliphatic carbocycles. The first-order valence-electron chi connectivity index (χ1n) is 5.45. The normalized spacial score (nSPS) is 14.9. The van der Waals surface area contributed by atoms with Gasteiger partial charge in [-0.25, -0.2) is 0 Å². The molecule has 0 saturated heterocycles. The molecule has 0 unspecified atom stereocenters. The van der Waals surface area contributed by atoms with Gasteiger partial charge >= 0.3 is 5.97 Å². The molecule has 82 valence electrons. The third-order valence-electron chi connectivity index (χ3n) is 2.84. The lowest BCUT2D eigenvalue weighted by molar-refractivity contribution is -0.137. The van der Waals surface area contributed by atoms with Crippen molar-refractivity contribution < 1.29 is 14.4 Å². The van der Waals surface area contributed by atoms with Gasteiger partial charge in [-0.15, -0.1) is 0 Å². The molecule has 0 saturated carbocycles. The summed E-state index contributed by atoms with van der Waals surface area (Å²) in [6, 6.07) is 0. The van der Waals surface area contributed by atoms with E-state index in [0.717, 1.165) is 24.3 Å². The van der Waals surface area contributed by atoms with E-state index in [0.29, 0.717) is 12.8 Å². The van der Waals surface area contributed by atoms with Crippen molar-refractivity contribution in [1.82, 2.24) is 5.16 Å². The summed E-state index contributed by atoms with van der Waals surface area (Å²) in [4.78, 5) is 10.4. The number of aliphatic carboxylic acids is 1. The van der Waals surface area contributed by atoms with Crippen LogP contribution in [0, 0.1) is 0 Å². The number of hydrogen-bond donors (Lipinski definition) is 1. The van der Waals surface area contributed by atoms with Gasteiger partial charge in [-0.05, 0) is 32.1 Å². The monoisotopic (exact) mass is 209 g/mol. The minimum absolute atomic E-state index is 0.204. The second kappa shape index (κ2) is 4.47. The maximum Gasteiger partial charge on any atom is 0.303 e. The lowest BCUT2D eigenvalue weighted by Gasteiger charge is -2.08. The van der Waals surface area contributed by atoms with E-state index in [9.17, 15) is 4.79 Å². The first-order chi connectivity index (χ1) is 7.27. The van der Waals surface area contributed by atoms with Crippen molar-refractivity contribution in [3.8, 4) is 0 Å². The van der Waals surface area contributed by atoms with Crippen LogP contribution >= 0.6 is 0 Å². The Bertz CT molecular complexity index is 357. The highest BCUT2D eigenvalue weighted by atomic mass is 16.5. The number of rotatable bonds is 4. The van der Waals surface area contributed by atoms with Crippen molar-refractivity contribution in [2.45, 2.75) is 44.9 Å². The molecule has 1 heterocycles. The van der Waals surface area contributed by atoms with E-state index in [-0.39, 0.29) is 6.42 Å². The number of nitrogens with zero attached hydrogens (tertiary/aromatic N) is 1. The van der Waals surface area contributed by atoms with Gasteiger partial charge < -0.3 is 9.63 Å². The lowest BCUT2D eigenvalue weighted by atomic mass is 9.95. The first kappa shape index (κ1) is 10.2. The average Bonchev–Trinajstić information content (AvgIpc) is 2.62. The maximum absolute atomic E-state index is 10.4. The van der Waals surface area contributed by atoms with Gasteiger partial charge in [-0.3, -0.25) is 4.79 Å². The van der Waals surface area contributed by atoms with E-state index in [2.05, 4.69) is 5.16 Å². The molecule has 1 N–H and O–H groups in total. The molecule has 1 aromatic rings. The molecule has 1 aliphatic rings. The topological polar surface area (TPSA) is 63.3 Å². The Morgan fingerprint density at radius 2 is 2.20 bits per heavy atom. The first-order valence-corrected chi connectivity index (χ1v) is 5.45. The zero-order chi connectivity index (χ0) is 10.7. The summed E-state index contributed by atoms with van der Waals surface area (Å²) >= 11 is 0. The van der Waals surface area contributed by atoms with Crippen molar-refractivity contribution in [2.24, 2.45) is 0 Å². The molecule has 0 spiro atoms. The largest absolute Gasteiger partial charge is 0.481 e. The highest BCUT2D eigenvalue weighted by molar-refractivity contribution is 5.66. The van der Waals surface area contributed by atoms with Crippen LogP contribution in [0.2, 0.25) is 0 Å². The number of fused-ring (bicyclic) bond motifs is 1. The third kappa shape index (κ3) is 2.37. The highest BCUT2D eigenvalue weighted by Crippen LogP contribution is 2.24. The van der Waals surface area contributed by atoms with Gasteiger partial charge in [0.15, 0.2) is 0 Å². The molecule has 0 aliphatic heterocycles. The van der Waals surface area contributed by atoms with Crippen LogP contribution in [0.3, 0.4) is 0 Å². The van der Waals surface area contributed by atoms with Crippen molar-refractivity contribution in [3.63, 3.8) is 0 Å². The van der Waals surface area contributed by atoms with Crippen LogP contribution in [0.5, 0.6) is 0 Å². The molecule has 4 nitrogen and oxygen atoms in total. The van der Waals surface area contributed by atoms with Crippen LogP contribution in [0.4, 0.5) is 0 Å². The minimum atomic E-state index is -0.747. The molecular formula is C11H15NO3. The Kier molecular flexibility index (Phi) is 3.04. The van der Waals surface area contributed by atoms with Crippen LogP contribution in [0.1, 0.15) is 42.7 Å². The molecule has 1 aromatic heterocycles. The Morgan fingerprint density at radius 1 is 1.40 bits per heavy atom. The van der Waals surface area contributed by atoms with E-state index in [1.54, 1.807) is 0 Å². The van der Waals surface area contributed by atoms with Gasteiger partial charge in [0, 0.05) is 18.4 Å². The maximum atomic E-state index is 10.4. The van der Waals surface area contributed by atoms with Crippen LogP contribution in [0.25, 0.3) is 0 Å². The summed E-state index contributed by atoms with van der Waals surface area (Å²) in [7, 11) is 0. The fourth-order valence-electron chi connectivity index (χ4n) is 2.05. The fraction of sp³-hybridized carbons (Fsp3) is 0.636. The zero-order valence-electron chi connectivity index (χ0n) is 8.66. The molecule has 0 bridgehead atoms. The Morgan fingerprint density at radius 3 is 3.00 bits per heavy atom. The zero-order valence-corrected chi connectivity index (χ0v) is 8.66. The van der Waals surface area contributed by atoms with Crippen molar-refractivity contribution >= 4 is 5.97 Å². The molecule has 0 fully saturated rings. The predicted molar refractivity (Wildman–Crippen MR) is 53.7 cm³/mol. The summed E-state index contributed by atoms with van der Waals surface area (Å²) < 4.78 is 5.26. The number of aromatic nitrogens is 1. The van der Waals surface area contributed by atoms with E-state index >= 15 is 0 Å². The van der Waals surface area contributed by atoms with Gasteiger partial charge in [-0.1, -0.05) is 5.16 Å². The summed E-state index contributed by atoms with van der Waals surface area (Å²) in [5, 5.41) is 12.6. The second-order valence-electron chi connectivity index (χ2n) is 3.99. The molecular weight excluding hydrogens is 194 g/mol. The van der Waals surface area contributed by atoms with Gasteiger partial charge in [0.2, 0.25) is 0 Å². The number of aryl methyl sites for hydroxylation is 2.